The Morgan fingerprint density at radius 3 is 2.43 bits per heavy atom. The van der Waals surface area contributed by atoms with Gasteiger partial charge in [-0.2, -0.15) is 0 Å². The van der Waals surface area contributed by atoms with Crippen molar-refractivity contribution in [2.45, 2.75) is 38.0 Å². The number of nitrogens with zero attached hydrogens (tertiary/aromatic N) is 2. The molecule has 5 heteroatoms. The standard InChI is InChI=1S/C16H22N4S/c1-10-13(17)19-15(16(2,3)4)20-14(10)18-11-8-6-7-9-12(11)21-5/h6-9H,1-5H3,(H3,17,18,19,20). The monoisotopic (exact) mass is 302 g/mol. The van der Waals surface area contributed by atoms with E-state index in [4.69, 9.17) is 5.73 Å². The minimum Gasteiger partial charge on any atom is -0.383 e. The van der Waals surface area contributed by atoms with Crippen molar-refractivity contribution >= 4 is 29.1 Å². The van der Waals surface area contributed by atoms with Gasteiger partial charge in [0.2, 0.25) is 0 Å². The van der Waals surface area contributed by atoms with Crippen molar-refractivity contribution in [1.29, 1.82) is 0 Å². The Morgan fingerprint density at radius 2 is 1.81 bits per heavy atom. The van der Waals surface area contributed by atoms with E-state index in [0.29, 0.717) is 5.82 Å². The van der Waals surface area contributed by atoms with Gasteiger partial charge in [0.05, 0.1) is 5.69 Å². The van der Waals surface area contributed by atoms with Crippen molar-refractivity contribution in [2.75, 3.05) is 17.3 Å². The van der Waals surface area contributed by atoms with Crippen LogP contribution in [0, 0.1) is 6.92 Å². The number of hydrogen-bond donors (Lipinski definition) is 2. The number of nitrogens with one attached hydrogen (secondary N) is 1. The minimum atomic E-state index is -0.142. The smallest absolute Gasteiger partial charge is 0.139 e. The molecule has 0 aliphatic heterocycles. The van der Waals surface area contributed by atoms with Crippen LogP contribution in [0.5, 0.6) is 0 Å². The van der Waals surface area contributed by atoms with Crippen LogP contribution in [0.1, 0.15) is 32.2 Å². The van der Waals surface area contributed by atoms with E-state index in [2.05, 4.69) is 48.4 Å². The number of nitrogens with two attached hydrogens (primary N) is 1. The van der Waals surface area contributed by atoms with Gasteiger partial charge >= 0.3 is 0 Å². The summed E-state index contributed by atoms with van der Waals surface area (Å²) in [4.78, 5) is 10.2. The number of para-hydroxylation sites is 1. The van der Waals surface area contributed by atoms with E-state index in [-0.39, 0.29) is 5.41 Å². The second kappa shape index (κ2) is 5.93. The van der Waals surface area contributed by atoms with Crippen LogP contribution in [0.4, 0.5) is 17.3 Å². The number of benzene rings is 1. The third-order valence-corrected chi connectivity index (χ3v) is 4.01. The van der Waals surface area contributed by atoms with Gasteiger partial charge in [-0.05, 0) is 25.3 Å². The lowest BCUT2D eigenvalue weighted by atomic mass is 9.95. The number of rotatable bonds is 3. The summed E-state index contributed by atoms with van der Waals surface area (Å²) in [5, 5.41) is 3.39. The van der Waals surface area contributed by atoms with Crippen molar-refractivity contribution in [3.05, 3.63) is 35.7 Å². The lowest BCUT2D eigenvalue weighted by molar-refractivity contribution is 0.546. The van der Waals surface area contributed by atoms with Crippen LogP contribution in [0.3, 0.4) is 0 Å². The molecule has 1 aromatic carbocycles. The highest BCUT2D eigenvalue weighted by atomic mass is 32.2. The maximum atomic E-state index is 6.05. The van der Waals surface area contributed by atoms with Crippen molar-refractivity contribution in [3.63, 3.8) is 0 Å². The zero-order valence-corrected chi connectivity index (χ0v) is 14.0. The topological polar surface area (TPSA) is 63.8 Å². The molecule has 2 rings (SSSR count). The fourth-order valence-corrected chi connectivity index (χ4v) is 2.42. The minimum absolute atomic E-state index is 0.142. The van der Waals surface area contributed by atoms with Crippen molar-refractivity contribution in [2.24, 2.45) is 0 Å². The Bertz CT molecular complexity index is 647. The summed E-state index contributed by atoms with van der Waals surface area (Å²) in [6, 6.07) is 8.16. The molecule has 0 unspecified atom stereocenters. The van der Waals surface area contributed by atoms with Crippen LogP contribution >= 0.6 is 11.8 Å². The van der Waals surface area contributed by atoms with Gasteiger partial charge in [-0.3, -0.25) is 0 Å². The van der Waals surface area contributed by atoms with Gasteiger partial charge in [-0.25, -0.2) is 9.97 Å². The Hall–Kier alpha value is -1.75. The van der Waals surface area contributed by atoms with Gasteiger partial charge in [-0.1, -0.05) is 32.9 Å². The molecule has 112 valence electrons. The summed E-state index contributed by atoms with van der Waals surface area (Å²) in [5.74, 6) is 2.04. The van der Waals surface area contributed by atoms with E-state index >= 15 is 0 Å². The van der Waals surface area contributed by atoms with E-state index in [1.165, 1.54) is 4.90 Å². The fraction of sp³-hybridized carbons (Fsp3) is 0.375. The van der Waals surface area contributed by atoms with Crippen LogP contribution < -0.4 is 11.1 Å². The highest BCUT2D eigenvalue weighted by molar-refractivity contribution is 7.98. The molecule has 0 spiro atoms. The van der Waals surface area contributed by atoms with E-state index < -0.39 is 0 Å². The molecule has 0 aliphatic carbocycles. The van der Waals surface area contributed by atoms with Gasteiger partial charge in [0.25, 0.3) is 0 Å². The van der Waals surface area contributed by atoms with E-state index in [1.807, 2.05) is 25.1 Å². The zero-order chi connectivity index (χ0) is 15.6. The first-order chi connectivity index (χ1) is 9.82. The first-order valence-corrected chi connectivity index (χ1v) is 8.10. The lowest BCUT2D eigenvalue weighted by Crippen LogP contribution is -2.19. The number of thioether (sulfide) groups is 1. The van der Waals surface area contributed by atoms with Crippen LogP contribution in [0.15, 0.2) is 29.2 Å². The molecule has 2 aromatic rings. The van der Waals surface area contributed by atoms with Gasteiger partial charge in [0.15, 0.2) is 0 Å². The Morgan fingerprint density at radius 1 is 1.14 bits per heavy atom. The van der Waals surface area contributed by atoms with E-state index in [0.717, 1.165) is 22.9 Å². The third-order valence-electron chi connectivity index (χ3n) is 3.21. The Kier molecular flexibility index (Phi) is 4.42. The first kappa shape index (κ1) is 15.6. The second-order valence-corrected chi connectivity index (χ2v) is 6.83. The van der Waals surface area contributed by atoms with Crippen molar-refractivity contribution in [1.82, 2.24) is 9.97 Å². The molecule has 0 bridgehead atoms. The lowest BCUT2D eigenvalue weighted by Gasteiger charge is -2.20. The van der Waals surface area contributed by atoms with Gasteiger partial charge in [0.1, 0.15) is 17.5 Å². The predicted molar refractivity (Wildman–Crippen MR) is 91.4 cm³/mol. The van der Waals surface area contributed by atoms with Gasteiger partial charge in [0, 0.05) is 15.9 Å². The maximum Gasteiger partial charge on any atom is 0.139 e. The molecule has 1 aromatic heterocycles. The summed E-state index contributed by atoms with van der Waals surface area (Å²) >= 11 is 1.70. The van der Waals surface area contributed by atoms with Gasteiger partial charge in [-0.15, -0.1) is 11.8 Å². The molecule has 0 atom stereocenters. The molecular weight excluding hydrogens is 280 g/mol. The first-order valence-electron chi connectivity index (χ1n) is 6.87. The second-order valence-electron chi connectivity index (χ2n) is 5.98. The number of nitrogen functional groups attached to an aromatic ring is 1. The molecule has 0 aliphatic rings. The predicted octanol–water partition coefficient (Wildman–Crippen LogP) is 4.13. The van der Waals surface area contributed by atoms with Crippen LogP contribution in [-0.2, 0) is 5.41 Å². The van der Waals surface area contributed by atoms with Crippen LogP contribution in [0.2, 0.25) is 0 Å². The molecule has 1 heterocycles. The molecule has 0 saturated heterocycles. The van der Waals surface area contributed by atoms with E-state index in [1.54, 1.807) is 11.8 Å². The molecule has 3 N–H and O–H groups in total. The summed E-state index contributed by atoms with van der Waals surface area (Å²) < 4.78 is 0. The van der Waals surface area contributed by atoms with E-state index in [9.17, 15) is 0 Å². The SMILES string of the molecule is CSc1ccccc1Nc1nc(C(C)(C)C)nc(N)c1C. The quantitative estimate of drug-likeness (QED) is 0.835. The molecule has 0 saturated carbocycles. The highest BCUT2D eigenvalue weighted by Gasteiger charge is 2.20. The molecule has 0 radical (unpaired) electrons. The Labute approximate surface area is 130 Å². The van der Waals surface area contributed by atoms with Gasteiger partial charge < -0.3 is 11.1 Å². The average molecular weight is 302 g/mol. The van der Waals surface area contributed by atoms with Crippen molar-refractivity contribution in [3.8, 4) is 0 Å². The molecule has 4 nitrogen and oxygen atoms in total. The largest absolute Gasteiger partial charge is 0.383 e. The summed E-state index contributed by atoms with van der Waals surface area (Å²) in [6.07, 6.45) is 2.06. The third kappa shape index (κ3) is 3.47. The normalized spacial score (nSPS) is 11.5. The van der Waals surface area contributed by atoms with Crippen LogP contribution in [-0.4, -0.2) is 16.2 Å². The zero-order valence-electron chi connectivity index (χ0n) is 13.2. The van der Waals surface area contributed by atoms with Crippen molar-refractivity contribution < 1.29 is 0 Å². The summed E-state index contributed by atoms with van der Waals surface area (Å²) in [7, 11) is 0. The summed E-state index contributed by atoms with van der Waals surface area (Å²) in [5.41, 5.74) is 7.81. The molecule has 21 heavy (non-hydrogen) atoms. The number of hydrogen-bond acceptors (Lipinski definition) is 5. The number of anilines is 3. The maximum absolute atomic E-state index is 6.05. The van der Waals surface area contributed by atoms with Crippen LogP contribution in [0.25, 0.3) is 0 Å². The molecule has 0 amide bonds. The molecular formula is C16H22N4S. The average Bonchev–Trinajstić information content (AvgIpc) is 2.43. The molecule has 0 fully saturated rings. The number of aromatic nitrogens is 2. The summed E-state index contributed by atoms with van der Waals surface area (Å²) in [6.45, 7) is 8.18. The fourth-order valence-electron chi connectivity index (χ4n) is 1.87. The highest BCUT2D eigenvalue weighted by Crippen LogP contribution is 2.30. The Balaban J connectivity index is 2.46.